The molecule has 5 heteroatoms. The highest BCUT2D eigenvalue weighted by molar-refractivity contribution is 7.19. The summed E-state index contributed by atoms with van der Waals surface area (Å²) in [6, 6.07) is 49.2. The van der Waals surface area contributed by atoms with E-state index in [1.165, 1.54) is 179 Å². The molecule has 0 N–H and O–H groups in total. The number of fused-ring (bicyclic) bond motifs is 4. The Morgan fingerprint density at radius 1 is 0.408 bits per heavy atom. The van der Waals surface area contributed by atoms with Crippen LogP contribution in [0.5, 0.6) is 0 Å². The van der Waals surface area contributed by atoms with Gasteiger partial charge in [-0.1, -0.05) is 232 Å². The minimum atomic E-state index is -2.08. The Morgan fingerprint density at radius 2 is 0.873 bits per heavy atom. The predicted octanol–water partition coefficient (Wildman–Crippen LogP) is 19.7. The summed E-state index contributed by atoms with van der Waals surface area (Å²) in [6.45, 7) is 13.9. The van der Waals surface area contributed by atoms with Crippen molar-refractivity contribution in [3.63, 3.8) is 0 Å². The molecule has 4 heterocycles. The summed E-state index contributed by atoms with van der Waals surface area (Å²) in [5.74, 6) is 0. The number of hydrogen-bond acceptors (Lipinski definition) is 4. The summed E-state index contributed by atoms with van der Waals surface area (Å²) in [5.41, 5.74) is 17.2. The first kappa shape index (κ1) is 51.0. The van der Waals surface area contributed by atoms with Crippen molar-refractivity contribution in [2.75, 3.05) is 0 Å². The summed E-state index contributed by atoms with van der Waals surface area (Å²) in [6.07, 6.45) is 23.2. The van der Waals surface area contributed by atoms with Gasteiger partial charge in [0.1, 0.15) is 8.07 Å². The van der Waals surface area contributed by atoms with Gasteiger partial charge in [0.05, 0.1) is 22.4 Å². The van der Waals surface area contributed by atoms with Crippen LogP contribution in [0.15, 0.2) is 121 Å². The fourth-order valence-electron chi connectivity index (χ4n) is 11.6. The van der Waals surface area contributed by atoms with E-state index in [1.807, 2.05) is 22.7 Å². The standard InChI is InChI=1S/C66H78N2S2Si/c1-7-11-15-17-19-27-41-71(42-28-20-18-16-12-8-2)60-43-47(5)35-37-54(60)55-38-36-53(46-61(55)71)66-52(30-14-10-4)45-59(70-66)57-40-39-56(58-44-51(29-13-9-3)48(6)69-58)64-65(57)68-63(50-33-25-22-26-34-50)62(67-64)49-31-23-21-24-32-49/h21-26,31-40,43-46H,7-20,27-30,41-42H2,1-6H3. The van der Waals surface area contributed by atoms with Crippen molar-refractivity contribution in [2.45, 2.75) is 169 Å². The summed E-state index contributed by atoms with van der Waals surface area (Å²) in [7, 11) is -2.08. The van der Waals surface area contributed by atoms with Crippen LogP contribution in [0.25, 0.3) is 76.0 Å². The van der Waals surface area contributed by atoms with Crippen LogP contribution >= 0.6 is 22.7 Å². The number of rotatable bonds is 25. The Balaban J connectivity index is 1.20. The Morgan fingerprint density at radius 3 is 1.44 bits per heavy atom. The molecule has 0 atom stereocenters. The van der Waals surface area contributed by atoms with E-state index in [4.69, 9.17) is 9.97 Å². The summed E-state index contributed by atoms with van der Waals surface area (Å²) in [4.78, 5) is 17.0. The van der Waals surface area contributed by atoms with Crippen LogP contribution in [-0.2, 0) is 12.8 Å². The molecule has 368 valence electrons. The van der Waals surface area contributed by atoms with E-state index < -0.39 is 8.07 Å². The van der Waals surface area contributed by atoms with Crippen LogP contribution in [-0.4, -0.2) is 18.0 Å². The minimum Gasteiger partial charge on any atom is -0.243 e. The summed E-state index contributed by atoms with van der Waals surface area (Å²) in [5, 5.41) is 3.46. The monoisotopic (exact) mass is 991 g/mol. The molecule has 8 aromatic rings. The Hall–Kier alpha value is -4.94. The normalized spacial score (nSPS) is 12.8. The van der Waals surface area contributed by atoms with Crippen molar-refractivity contribution in [3.8, 4) is 65.0 Å². The SMILES string of the molecule is CCCCCCCC[Si]1(CCCCCCCC)c2cc(C)ccc2-c2ccc(-c3sc(-c4ccc(-c5cc(CCCC)c(C)s5)c5nc(-c6ccccc6)c(-c6ccccc6)nc45)cc3CCCC)cc21. The molecule has 0 radical (unpaired) electrons. The fourth-order valence-corrected chi connectivity index (χ4v) is 19.6. The average molecular weight is 992 g/mol. The Bertz CT molecular complexity index is 3000. The van der Waals surface area contributed by atoms with Gasteiger partial charge in [-0.3, -0.25) is 0 Å². The van der Waals surface area contributed by atoms with Gasteiger partial charge >= 0.3 is 0 Å². The maximum Gasteiger partial charge on any atom is 0.119 e. The van der Waals surface area contributed by atoms with Crippen LogP contribution in [0.3, 0.4) is 0 Å². The molecule has 71 heavy (non-hydrogen) atoms. The molecule has 9 rings (SSSR count). The van der Waals surface area contributed by atoms with E-state index in [-0.39, 0.29) is 0 Å². The second-order valence-electron chi connectivity index (χ2n) is 20.8. The molecule has 5 aromatic carbocycles. The van der Waals surface area contributed by atoms with E-state index >= 15 is 0 Å². The maximum absolute atomic E-state index is 5.79. The third-order valence-electron chi connectivity index (χ3n) is 15.6. The molecule has 0 amide bonds. The van der Waals surface area contributed by atoms with Crippen LogP contribution < -0.4 is 10.4 Å². The maximum atomic E-state index is 5.79. The van der Waals surface area contributed by atoms with E-state index in [0.29, 0.717) is 0 Å². The molecular weight excluding hydrogens is 913 g/mol. The molecule has 1 aliphatic heterocycles. The van der Waals surface area contributed by atoms with Gasteiger partial charge in [-0.15, -0.1) is 22.7 Å². The lowest BCUT2D eigenvalue weighted by Gasteiger charge is -2.31. The summed E-state index contributed by atoms with van der Waals surface area (Å²) >= 11 is 3.90. The van der Waals surface area contributed by atoms with E-state index in [2.05, 4.69) is 163 Å². The Labute approximate surface area is 436 Å². The lowest BCUT2D eigenvalue weighted by Crippen LogP contribution is -2.55. The molecule has 1 aliphatic rings. The van der Waals surface area contributed by atoms with Gasteiger partial charge < -0.3 is 0 Å². The number of unbranched alkanes of at least 4 members (excludes halogenated alkanes) is 12. The summed E-state index contributed by atoms with van der Waals surface area (Å²) < 4.78 is 0. The van der Waals surface area contributed by atoms with Gasteiger partial charge in [0, 0.05) is 41.8 Å². The molecule has 2 nitrogen and oxygen atoms in total. The molecule has 0 aliphatic carbocycles. The van der Waals surface area contributed by atoms with Crippen molar-refractivity contribution in [1.29, 1.82) is 0 Å². The van der Waals surface area contributed by atoms with Crippen molar-refractivity contribution in [1.82, 2.24) is 9.97 Å². The first-order valence-electron chi connectivity index (χ1n) is 27.8. The Kier molecular flexibility index (Phi) is 17.4. The van der Waals surface area contributed by atoms with E-state index in [0.717, 1.165) is 46.4 Å². The van der Waals surface area contributed by atoms with Crippen molar-refractivity contribution < 1.29 is 0 Å². The number of thiophene rings is 2. The van der Waals surface area contributed by atoms with Crippen LogP contribution in [0, 0.1) is 13.8 Å². The van der Waals surface area contributed by atoms with Gasteiger partial charge in [0.25, 0.3) is 0 Å². The van der Waals surface area contributed by atoms with Gasteiger partial charge in [-0.2, -0.15) is 0 Å². The molecule has 0 saturated carbocycles. The van der Waals surface area contributed by atoms with Crippen LogP contribution in [0.1, 0.15) is 152 Å². The average Bonchev–Trinajstić information content (AvgIpc) is 4.08. The lowest BCUT2D eigenvalue weighted by atomic mass is 9.98. The van der Waals surface area contributed by atoms with Crippen LogP contribution in [0.2, 0.25) is 12.1 Å². The van der Waals surface area contributed by atoms with Gasteiger partial charge in [-0.25, -0.2) is 9.97 Å². The molecule has 0 spiro atoms. The second kappa shape index (κ2) is 24.2. The minimum absolute atomic E-state index is 0.932. The quantitative estimate of drug-likeness (QED) is 0.0421. The zero-order valence-corrected chi connectivity index (χ0v) is 46.5. The third-order valence-corrected chi connectivity index (χ3v) is 23.3. The van der Waals surface area contributed by atoms with Crippen molar-refractivity contribution >= 4 is 52.2 Å². The third kappa shape index (κ3) is 11.2. The highest BCUT2D eigenvalue weighted by Gasteiger charge is 2.44. The molecule has 0 saturated heterocycles. The zero-order valence-electron chi connectivity index (χ0n) is 43.9. The number of aryl methyl sites for hydroxylation is 4. The molecule has 3 aromatic heterocycles. The van der Waals surface area contributed by atoms with Gasteiger partial charge in [0.2, 0.25) is 0 Å². The molecule has 0 bridgehead atoms. The zero-order chi connectivity index (χ0) is 49.2. The second-order valence-corrected chi connectivity index (χ2v) is 27.4. The van der Waals surface area contributed by atoms with E-state index in [9.17, 15) is 0 Å². The predicted molar refractivity (Wildman–Crippen MR) is 316 cm³/mol. The molecule has 0 fully saturated rings. The lowest BCUT2D eigenvalue weighted by molar-refractivity contribution is 0.616. The fraction of sp³-hybridized carbons (Fsp3) is 0.394. The molecule has 0 unspecified atom stereocenters. The van der Waals surface area contributed by atoms with Crippen LogP contribution in [0.4, 0.5) is 0 Å². The highest BCUT2D eigenvalue weighted by Crippen LogP contribution is 2.46. The van der Waals surface area contributed by atoms with E-state index in [1.54, 1.807) is 10.4 Å². The number of nitrogens with zero attached hydrogens (tertiary/aromatic N) is 2. The van der Waals surface area contributed by atoms with Gasteiger partial charge in [0.15, 0.2) is 0 Å². The molecular formula is C66H78N2S2Si. The topological polar surface area (TPSA) is 25.8 Å². The largest absolute Gasteiger partial charge is 0.243 e. The first-order chi connectivity index (χ1) is 34.9. The number of hydrogen-bond donors (Lipinski definition) is 0. The number of benzene rings is 5. The number of aromatic nitrogens is 2. The first-order valence-corrected chi connectivity index (χ1v) is 31.9. The van der Waals surface area contributed by atoms with Gasteiger partial charge in [-0.05, 0) is 102 Å². The highest BCUT2D eigenvalue weighted by atomic mass is 32.1. The van der Waals surface area contributed by atoms with Crippen molar-refractivity contribution in [2.24, 2.45) is 0 Å². The smallest absolute Gasteiger partial charge is 0.119 e. The van der Waals surface area contributed by atoms with Crippen molar-refractivity contribution in [3.05, 3.63) is 143 Å².